The Labute approximate surface area is 181 Å². The van der Waals surface area contributed by atoms with Crippen molar-refractivity contribution >= 4 is 16.9 Å². The van der Waals surface area contributed by atoms with E-state index in [0.29, 0.717) is 23.3 Å². The lowest BCUT2D eigenvalue weighted by molar-refractivity contribution is 0.0940. The van der Waals surface area contributed by atoms with Crippen LogP contribution in [0, 0.1) is 6.92 Å². The van der Waals surface area contributed by atoms with Gasteiger partial charge >= 0.3 is 0 Å². The molecule has 0 fully saturated rings. The van der Waals surface area contributed by atoms with Crippen LogP contribution in [0.1, 0.15) is 41.5 Å². The van der Waals surface area contributed by atoms with Crippen LogP contribution in [-0.4, -0.2) is 15.5 Å². The van der Waals surface area contributed by atoms with Crippen LogP contribution in [0.4, 0.5) is 0 Å². The summed E-state index contributed by atoms with van der Waals surface area (Å²) in [5, 5.41) is 3.06. The van der Waals surface area contributed by atoms with Crippen molar-refractivity contribution in [1.82, 2.24) is 14.9 Å². The van der Waals surface area contributed by atoms with Crippen LogP contribution >= 0.6 is 0 Å². The van der Waals surface area contributed by atoms with E-state index in [0.717, 1.165) is 22.2 Å². The smallest absolute Gasteiger partial charge is 0.272 e. The molecule has 0 aliphatic carbocycles. The summed E-state index contributed by atoms with van der Waals surface area (Å²) < 4.78 is 1.68. The van der Waals surface area contributed by atoms with Crippen LogP contribution in [0.2, 0.25) is 0 Å². The van der Waals surface area contributed by atoms with Crippen molar-refractivity contribution in [2.75, 3.05) is 0 Å². The average molecular weight is 412 g/mol. The van der Waals surface area contributed by atoms with Crippen LogP contribution in [0.15, 0.2) is 77.6 Å². The van der Waals surface area contributed by atoms with E-state index < -0.39 is 0 Å². The number of hydrogen-bond acceptors (Lipinski definition) is 3. The summed E-state index contributed by atoms with van der Waals surface area (Å²) in [5.41, 5.74) is 5.57. The maximum Gasteiger partial charge on any atom is 0.272 e. The number of aryl methyl sites for hydroxylation is 2. The third-order valence-corrected chi connectivity index (χ3v) is 5.55. The van der Waals surface area contributed by atoms with Gasteiger partial charge in [0, 0.05) is 12.1 Å². The van der Waals surface area contributed by atoms with Gasteiger partial charge < -0.3 is 9.88 Å². The minimum absolute atomic E-state index is 0.0974. The summed E-state index contributed by atoms with van der Waals surface area (Å²) in [4.78, 5) is 29.5. The van der Waals surface area contributed by atoms with Crippen molar-refractivity contribution in [3.05, 3.63) is 100.0 Å². The Morgan fingerprint density at radius 1 is 1.00 bits per heavy atom. The Bertz CT molecular complexity index is 1290. The second kappa shape index (κ2) is 8.56. The number of rotatable bonds is 5. The van der Waals surface area contributed by atoms with Crippen molar-refractivity contribution in [3.63, 3.8) is 0 Å². The van der Waals surface area contributed by atoms with E-state index in [9.17, 15) is 9.59 Å². The van der Waals surface area contributed by atoms with Crippen LogP contribution in [0.5, 0.6) is 0 Å². The molecule has 4 aromatic rings. The number of aromatic nitrogens is 2. The molecule has 1 heterocycles. The van der Waals surface area contributed by atoms with Gasteiger partial charge in [-0.1, -0.05) is 54.6 Å². The predicted octanol–water partition coefficient (Wildman–Crippen LogP) is 4.88. The molecule has 156 valence electrons. The second-order valence-corrected chi connectivity index (χ2v) is 7.63. The maximum absolute atomic E-state index is 12.9. The molecule has 0 aliphatic rings. The first-order chi connectivity index (χ1) is 15.0. The first-order valence-electron chi connectivity index (χ1n) is 10.5. The molecule has 1 amide bonds. The summed E-state index contributed by atoms with van der Waals surface area (Å²) in [6, 6.07) is 23.5. The predicted molar refractivity (Wildman–Crippen MR) is 124 cm³/mol. The first kappa shape index (κ1) is 20.5. The molecule has 0 radical (unpaired) electrons. The fourth-order valence-electron chi connectivity index (χ4n) is 3.79. The number of fused-ring (bicyclic) bond motifs is 1. The normalized spacial score (nSPS) is 12.0. The molecule has 0 bridgehead atoms. The second-order valence-electron chi connectivity index (χ2n) is 7.63. The molecule has 4 rings (SSSR count). The molecule has 5 heteroatoms. The van der Waals surface area contributed by atoms with E-state index in [1.165, 1.54) is 0 Å². The molecule has 1 atom stereocenters. The Hall–Kier alpha value is -3.73. The molecule has 3 aromatic carbocycles. The van der Waals surface area contributed by atoms with E-state index in [-0.39, 0.29) is 17.5 Å². The molecular formula is C26H25N3O2. The first-order valence-corrected chi connectivity index (χ1v) is 10.5. The summed E-state index contributed by atoms with van der Waals surface area (Å²) in [6.07, 6.45) is 0. The number of carbonyl (C=O) groups is 1. The number of benzene rings is 3. The molecule has 0 aliphatic heterocycles. The molecule has 1 aromatic heterocycles. The van der Waals surface area contributed by atoms with Gasteiger partial charge in [0.1, 0.15) is 5.69 Å². The minimum atomic E-state index is -0.171. The average Bonchev–Trinajstić information content (AvgIpc) is 2.80. The summed E-state index contributed by atoms with van der Waals surface area (Å²) in [5.74, 6) is -0.171. The molecule has 0 saturated heterocycles. The lowest BCUT2D eigenvalue weighted by Crippen LogP contribution is -2.27. The van der Waals surface area contributed by atoms with Crippen molar-refractivity contribution in [2.45, 2.75) is 33.4 Å². The third-order valence-electron chi connectivity index (χ3n) is 5.55. The van der Waals surface area contributed by atoms with E-state index in [1.807, 2.05) is 44.2 Å². The fraction of sp³-hybridized carbons (Fsp3) is 0.192. The van der Waals surface area contributed by atoms with Crippen molar-refractivity contribution in [1.29, 1.82) is 0 Å². The van der Waals surface area contributed by atoms with Gasteiger partial charge in [-0.15, -0.1) is 0 Å². The summed E-state index contributed by atoms with van der Waals surface area (Å²) >= 11 is 0. The summed E-state index contributed by atoms with van der Waals surface area (Å²) in [7, 11) is 0. The quantitative estimate of drug-likeness (QED) is 0.509. The highest BCUT2D eigenvalue weighted by Gasteiger charge is 2.14. The van der Waals surface area contributed by atoms with Crippen LogP contribution in [0.3, 0.4) is 0 Å². The van der Waals surface area contributed by atoms with Gasteiger partial charge in [-0.3, -0.25) is 9.59 Å². The number of carbonyl (C=O) groups excluding carboxylic acids is 1. The largest absolute Gasteiger partial charge is 0.346 e. The lowest BCUT2D eigenvalue weighted by Gasteiger charge is -2.16. The van der Waals surface area contributed by atoms with Gasteiger partial charge in [0.2, 0.25) is 0 Å². The lowest BCUT2D eigenvalue weighted by atomic mass is 10.0. The highest BCUT2D eigenvalue weighted by molar-refractivity contribution is 5.97. The molecule has 5 nitrogen and oxygen atoms in total. The van der Waals surface area contributed by atoms with Crippen molar-refractivity contribution < 1.29 is 4.79 Å². The third kappa shape index (κ3) is 4.12. The number of hydrogen-bond donors (Lipinski definition) is 1. The van der Waals surface area contributed by atoms with Gasteiger partial charge in [-0.25, -0.2) is 4.98 Å². The zero-order valence-corrected chi connectivity index (χ0v) is 17.9. The number of nitrogens with zero attached hydrogens (tertiary/aromatic N) is 2. The van der Waals surface area contributed by atoms with E-state index >= 15 is 0 Å². The van der Waals surface area contributed by atoms with Crippen LogP contribution in [-0.2, 0) is 6.54 Å². The Kier molecular flexibility index (Phi) is 5.67. The maximum atomic E-state index is 12.9. The minimum Gasteiger partial charge on any atom is -0.346 e. The fourth-order valence-corrected chi connectivity index (χ4v) is 3.79. The Morgan fingerprint density at radius 3 is 2.35 bits per heavy atom. The SMILES string of the molecule is CCn1c(=O)c(C)nc2cc(C(=O)NC(C)c3ccc(-c4ccccc4)cc3)ccc21. The molecule has 0 saturated carbocycles. The van der Waals surface area contributed by atoms with E-state index in [2.05, 4.69) is 34.6 Å². The zero-order valence-electron chi connectivity index (χ0n) is 17.9. The zero-order chi connectivity index (χ0) is 22.0. The Balaban J connectivity index is 1.54. The van der Waals surface area contributed by atoms with Crippen molar-refractivity contribution in [3.8, 4) is 11.1 Å². The van der Waals surface area contributed by atoms with Gasteiger partial charge in [0.05, 0.1) is 17.1 Å². The standard InChI is InChI=1S/C26H25N3O2/c1-4-29-24-15-14-22(16-23(24)27-18(3)26(29)31)25(30)28-17(2)19-10-12-21(13-11-19)20-8-6-5-7-9-20/h5-17H,4H2,1-3H3,(H,28,30). The highest BCUT2D eigenvalue weighted by atomic mass is 16.1. The summed E-state index contributed by atoms with van der Waals surface area (Å²) in [6.45, 7) is 6.14. The highest BCUT2D eigenvalue weighted by Crippen LogP contribution is 2.22. The molecule has 1 N–H and O–H groups in total. The number of amides is 1. The number of nitrogens with one attached hydrogen (secondary N) is 1. The van der Waals surface area contributed by atoms with Gasteiger partial charge in [0.15, 0.2) is 0 Å². The molecular weight excluding hydrogens is 386 g/mol. The van der Waals surface area contributed by atoms with Crippen LogP contribution < -0.4 is 10.9 Å². The monoisotopic (exact) mass is 411 g/mol. The van der Waals surface area contributed by atoms with E-state index in [1.54, 1.807) is 29.7 Å². The molecule has 1 unspecified atom stereocenters. The molecule has 0 spiro atoms. The Morgan fingerprint density at radius 2 is 1.68 bits per heavy atom. The van der Waals surface area contributed by atoms with Crippen LogP contribution in [0.25, 0.3) is 22.2 Å². The van der Waals surface area contributed by atoms with E-state index in [4.69, 9.17) is 0 Å². The van der Waals surface area contributed by atoms with Gasteiger partial charge in [-0.2, -0.15) is 0 Å². The van der Waals surface area contributed by atoms with Gasteiger partial charge in [-0.05, 0) is 55.7 Å². The molecule has 31 heavy (non-hydrogen) atoms. The van der Waals surface area contributed by atoms with Crippen molar-refractivity contribution in [2.24, 2.45) is 0 Å². The van der Waals surface area contributed by atoms with Gasteiger partial charge in [0.25, 0.3) is 11.5 Å². The topological polar surface area (TPSA) is 64.0 Å².